The molecule has 0 atom stereocenters. The van der Waals surface area contributed by atoms with Gasteiger partial charge in [-0.15, -0.1) is 0 Å². The normalized spacial score (nSPS) is 26.8. The fourth-order valence-electron chi connectivity index (χ4n) is 2.15. The van der Waals surface area contributed by atoms with Gasteiger partial charge in [0, 0.05) is 37.4 Å². The summed E-state index contributed by atoms with van der Waals surface area (Å²) in [5.41, 5.74) is 7.12. The lowest BCUT2D eigenvalue weighted by Gasteiger charge is -2.26. The average molecular weight is 208 g/mol. The minimum Gasteiger partial charge on any atom is -0.328 e. The first-order valence-corrected chi connectivity index (χ1v) is 5.70. The predicted octanol–water partition coefficient (Wildman–Crippen LogP) is 0.780. The SMILES string of the molecule is Cn1cc(CNC2CCC(N)CC2)cn1. The van der Waals surface area contributed by atoms with Crippen LogP contribution in [0, 0.1) is 0 Å². The van der Waals surface area contributed by atoms with Crippen LogP contribution in [0.2, 0.25) is 0 Å². The average Bonchev–Trinajstić information content (AvgIpc) is 2.64. The molecule has 0 unspecified atom stereocenters. The second kappa shape index (κ2) is 4.77. The van der Waals surface area contributed by atoms with Gasteiger partial charge in [-0.25, -0.2) is 0 Å². The zero-order chi connectivity index (χ0) is 10.7. The first-order valence-electron chi connectivity index (χ1n) is 5.70. The number of nitrogens with two attached hydrogens (primary N) is 1. The van der Waals surface area contributed by atoms with Gasteiger partial charge in [0.1, 0.15) is 0 Å². The molecule has 3 N–H and O–H groups in total. The first kappa shape index (κ1) is 10.6. The highest BCUT2D eigenvalue weighted by Gasteiger charge is 2.17. The third-order valence-electron chi connectivity index (χ3n) is 3.13. The summed E-state index contributed by atoms with van der Waals surface area (Å²) in [5.74, 6) is 0. The summed E-state index contributed by atoms with van der Waals surface area (Å²) in [6.45, 7) is 0.924. The highest BCUT2D eigenvalue weighted by atomic mass is 15.2. The molecule has 1 aliphatic carbocycles. The third kappa shape index (κ3) is 3.04. The summed E-state index contributed by atoms with van der Waals surface area (Å²) in [7, 11) is 1.95. The maximum Gasteiger partial charge on any atom is 0.0534 e. The molecule has 1 aliphatic rings. The van der Waals surface area contributed by atoms with E-state index in [1.54, 1.807) is 0 Å². The molecular formula is C11H20N4. The molecule has 0 amide bonds. The van der Waals surface area contributed by atoms with Gasteiger partial charge in [-0.05, 0) is 25.7 Å². The van der Waals surface area contributed by atoms with Gasteiger partial charge in [0.25, 0.3) is 0 Å². The van der Waals surface area contributed by atoms with Crippen LogP contribution in [0.1, 0.15) is 31.2 Å². The Balaban J connectivity index is 1.74. The molecule has 1 aromatic rings. The van der Waals surface area contributed by atoms with Gasteiger partial charge in [0.05, 0.1) is 6.20 Å². The molecule has 2 rings (SSSR count). The molecule has 0 bridgehead atoms. The second-order valence-corrected chi connectivity index (χ2v) is 4.51. The summed E-state index contributed by atoms with van der Waals surface area (Å²) in [6.07, 6.45) is 8.71. The molecule has 84 valence electrons. The molecule has 1 aromatic heterocycles. The van der Waals surface area contributed by atoms with Gasteiger partial charge in [0.15, 0.2) is 0 Å². The monoisotopic (exact) mass is 208 g/mol. The van der Waals surface area contributed by atoms with Gasteiger partial charge >= 0.3 is 0 Å². The number of hydrogen-bond acceptors (Lipinski definition) is 3. The largest absolute Gasteiger partial charge is 0.328 e. The Morgan fingerprint density at radius 2 is 2.20 bits per heavy atom. The molecule has 0 radical (unpaired) electrons. The maximum absolute atomic E-state index is 5.87. The van der Waals surface area contributed by atoms with E-state index in [2.05, 4.69) is 16.6 Å². The number of aryl methyl sites for hydroxylation is 1. The molecular weight excluding hydrogens is 188 g/mol. The summed E-state index contributed by atoms with van der Waals surface area (Å²) in [4.78, 5) is 0. The molecule has 0 aromatic carbocycles. The fourth-order valence-corrected chi connectivity index (χ4v) is 2.15. The van der Waals surface area contributed by atoms with Crippen molar-refractivity contribution < 1.29 is 0 Å². The Labute approximate surface area is 90.8 Å². The summed E-state index contributed by atoms with van der Waals surface area (Å²) in [5, 5.41) is 7.71. The Bertz CT molecular complexity index is 299. The van der Waals surface area contributed by atoms with Crippen LogP contribution in [0.25, 0.3) is 0 Å². The molecule has 1 saturated carbocycles. The molecule has 4 nitrogen and oxygen atoms in total. The van der Waals surface area contributed by atoms with Crippen molar-refractivity contribution in [2.75, 3.05) is 0 Å². The molecule has 1 fully saturated rings. The number of nitrogens with one attached hydrogen (secondary N) is 1. The summed E-state index contributed by atoms with van der Waals surface area (Å²) in [6, 6.07) is 1.08. The highest BCUT2D eigenvalue weighted by molar-refractivity contribution is 5.03. The Morgan fingerprint density at radius 3 is 2.80 bits per heavy atom. The van der Waals surface area contributed by atoms with Crippen LogP contribution in [-0.2, 0) is 13.6 Å². The van der Waals surface area contributed by atoms with E-state index >= 15 is 0 Å². The van der Waals surface area contributed by atoms with Gasteiger partial charge in [-0.3, -0.25) is 4.68 Å². The Hall–Kier alpha value is -0.870. The maximum atomic E-state index is 5.87. The van der Waals surface area contributed by atoms with E-state index in [0.717, 1.165) is 19.4 Å². The lowest BCUT2D eigenvalue weighted by Crippen LogP contribution is -2.36. The third-order valence-corrected chi connectivity index (χ3v) is 3.13. The number of rotatable bonds is 3. The lowest BCUT2D eigenvalue weighted by molar-refractivity contribution is 0.342. The van der Waals surface area contributed by atoms with E-state index in [1.165, 1.54) is 18.4 Å². The smallest absolute Gasteiger partial charge is 0.0534 e. The molecule has 4 heteroatoms. The predicted molar refractivity (Wildman–Crippen MR) is 60.3 cm³/mol. The molecule has 15 heavy (non-hydrogen) atoms. The first-order chi connectivity index (χ1) is 7.24. The topological polar surface area (TPSA) is 55.9 Å². The fraction of sp³-hybridized carbons (Fsp3) is 0.727. The number of aromatic nitrogens is 2. The van der Waals surface area contributed by atoms with Crippen molar-refractivity contribution >= 4 is 0 Å². The van der Waals surface area contributed by atoms with Gasteiger partial charge in [0.2, 0.25) is 0 Å². The summed E-state index contributed by atoms with van der Waals surface area (Å²) >= 11 is 0. The van der Waals surface area contributed by atoms with Gasteiger partial charge < -0.3 is 11.1 Å². The van der Waals surface area contributed by atoms with Crippen molar-refractivity contribution in [1.82, 2.24) is 15.1 Å². The van der Waals surface area contributed by atoms with E-state index in [4.69, 9.17) is 5.73 Å². The van der Waals surface area contributed by atoms with Crippen LogP contribution in [0.3, 0.4) is 0 Å². The number of nitrogens with zero attached hydrogens (tertiary/aromatic N) is 2. The van der Waals surface area contributed by atoms with E-state index in [1.807, 2.05) is 17.9 Å². The highest BCUT2D eigenvalue weighted by Crippen LogP contribution is 2.17. The molecule has 1 heterocycles. The quantitative estimate of drug-likeness (QED) is 0.772. The molecule has 0 spiro atoms. The Kier molecular flexibility index (Phi) is 3.38. The van der Waals surface area contributed by atoms with E-state index in [-0.39, 0.29) is 0 Å². The standard InChI is InChI=1S/C11H20N4/c1-15-8-9(7-14-15)6-13-11-4-2-10(12)3-5-11/h7-8,10-11,13H,2-6,12H2,1H3. The van der Waals surface area contributed by atoms with Crippen LogP contribution < -0.4 is 11.1 Å². The van der Waals surface area contributed by atoms with Crippen molar-refractivity contribution in [1.29, 1.82) is 0 Å². The second-order valence-electron chi connectivity index (χ2n) is 4.51. The van der Waals surface area contributed by atoms with Crippen LogP contribution in [0.15, 0.2) is 12.4 Å². The van der Waals surface area contributed by atoms with Crippen LogP contribution in [-0.4, -0.2) is 21.9 Å². The van der Waals surface area contributed by atoms with Crippen molar-refractivity contribution in [3.63, 3.8) is 0 Å². The van der Waals surface area contributed by atoms with Crippen LogP contribution in [0.4, 0.5) is 0 Å². The van der Waals surface area contributed by atoms with Crippen molar-refractivity contribution in [2.24, 2.45) is 12.8 Å². The van der Waals surface area contributed by atoms with Crippen LogP contribution in [0.5, 0.6) is 0 Å². The van der Waals surface area contributed by atoms with E-state index in [9.17, 15) is 0 Å². The van der Waals surface area contributed by atoms with Crippen molar-refractivity contribution in [3.8, 4) is 0 Å². The Morgan fingerprint density at radius 1 is 1.47 bits per heavy atom. The van der Waals surface area contributed by atoms with Crippen LogP contribution >= 0.6 is 0 Å². The van der Waals surface area contributed by atoms with E-state index in [0.29, 0.717) is 12.1 Å². The van der Waals surface area contributed by atoms with Gasteiger partial charge in [-0.2, -0.15) is 5.10 Å². The number of hydrogen-bond donors (Lipinski definition) is 2. The van der Waals surface area contributed by atoms with E-state index < -0.39 is 0 Å². The zero-order valence-corrected chi connectivity index (χ0v) is 9.32. The van der Waals surface area contributed by atoms with Crippen molar-refractivity contribution in [2.45, 2.75) is 44.3 Å². The molecule has 0 saturated heterocycles. The summed E-state index contributed by atoms with van der Waals surface area (Å²) < 4.78 is 1.84. The van der Waals surface area contributed by atoms with Gasteiger partial charge in [-0.1, -0.05) is 0 Å². The lowest BCUT2D eigenvalue weighted by atomic mass is 9.92. The minimum atomic E-state index is 0.432. The van der Waals surface area contributed by atoms with Crippen molar-refractivity contribution in [3.05, 3.63) is 18.0 Å². The zero-order valence-electron chi connectivity index (χ0n) is 9.32. The minimum absolute atomic E-state index is 0.432. The molecule has 0 aliphatic heterocycles.